The zero-order chi connectivity index (χ0) is 10.3. The maximum Gasteiger partial charge on any atom is 0.168 e. The van der Waals surface area contributed by atoms with E-state index in [9.17, 15) is 4.79 Å². The molecule has 2 saturated heterocycles. The molecule has 0 spiro atoms. The summed E-state index contributed by atoms with van der Waals surface area (Å²) in [6.45, 7) is 1.14. The molecule has 2 fully saturated rings. The molecule has 3 rings (SSSR count). The summed E-state index contributed by atoms with van der Waals surface area (Å²) in [5.74, 6) is 1.24. The van der Waals surface area contributed by atoms with E-state index >= 15 is 0 Å². The van der Waals surface area contributed by atoms with Gasteiger partial charge in [-0.3, -0.25) is 9.78 Å². The molecular formula is C11H12N2OS. The number of anilines is 1. The van der Waals surface area contributed by atoms with Crippen LogP contribution in [-0.4, -0.2) is 34.9 Å². The van der Waals surface area contributed by atoms with Crippen molar-refractivity contribution in [2.24, 2.45) is 0 Å². The topological polar surface area (TPSA) is 33.2 Å². The maximum atomic E-state index is 10.5. The van der Waals surface area contributed by atoms with Gasteiger partial charge >= 0.3 is 0 Å². The number of carbonyl (C=O) groups is 1. The number of nitrogens with zero attached hydrogens (tertiary/aromatic N) is 2. The number of carbonyl (C=O) groups excluding carboxylic acids is 1. The summed E-state index contributed by atoms with van der Waals surface area (Å²) in [4.78, 5) is 17.0. The van der Waals surface area contributed by atoms with Crippen LogP contribution in [0, 0.1) is 0 Å². The molecule has 0 radical (unpaired) electrons. The zero-order valence-electron chi connectivity index (χ0n) is 8.30. The van der Waals surface area contributed by atoms with E-state index in [0.717, 1.165) is 23.8 Å². The van der Waals surface area contributed by atoms with Crippen molar-refractivity contribution in [2.45, 2.75) is 17.7 Å². The Labute approximate surface area is 92.9 Å². The molecule has 3 nitrogen and oxygen atoms in total. The van der Waals surface area contributed by atoms with Crippen LogP contribution in [0.15, 0.2) is 18.3 Å². The van der Waals surface area contributed by atoms with Crippen LogP contribution in [0.4, 0.5) is 5.69 Å². The highest BCUT2D eigenvalue weighted by Gasteiger charge is 2.38. The van der Waals surface area contributed by atoms with Gasteiger partial charge in [0.15, 0.2) is 6.29 Å². The van der Waals surface area contributed by atoms with Crippen LogP contribution in [0.5, 0.6) is 0 Å². The molecule has 1 aromatic heterocycles. The van der Waals surface area contributed by atoms with Crippen LogP contribution in [0.3, 0.4) is 0 Å². The fraction of sp³-hybridized carbons (Fsp3) is 0.455. The molecule has 2 aliphatic rings. The Hall–Kier alpha value is -1.03. The largest absolute Gasteiger partial charge is 0.365 e. The number of hydrogen-bond donors (Lipinski definition) is 0. The van der Waals surface area contributed by atoms with E-state index in [4.69, 9.17) is 0 Å². The standard InChI is InChI=1S/C11H12N2OS/c14-6-8-1-2-9(4-12-8)13-5-11-3-10(13)7-15-11/h1-2,4,6,10-11H,3,5,7H2. The van der Waals surface area contributed by atoms with Crippen LogP contribution in [0.25, 0.3) is 0 Å². The molecular weight excluding hydrogens is 208 g/mol. The van der Waals surface area contributed by atoms with Gasteiger partial charge < -0.3 is 4.90 Å². The summed E-state index contributed by atoms with van der Waals surface area (Å²) < 4.78 is 0. The minimum absolute atomic E-state index is 0.512. The van der Waals surface area contributed by atoms with Crippen molar-refractivity contribution < 1.29 is 4.79 Å². The van der Waals surface area contributed by atoms with Gasteiger partial charge in [0, 0.05) is 23.6 Å². The minimum atomic E-state index is 0.512. The van der Waals surface area contributed by atoms with Gasteiger partial charge in [-0.1, -0.05) is 0 Å². The lowest BCUT2D eigenvalue weighted by Gasteiger charge is -2.28. The normalized spacial score (nSPS) is 28.4. The second-order valence-corrected chi connectivity index (χ2v) is 5.39. The average molecular weight is 220 g/mol. The molecule has 2 atom stereocenters. The smallest absolute Gasteiger partial charge is 0.168 e. The minimum Gasteiger partial charge on any atom is -0.365 e. The monoisotopic (exact) mass is 220 g/mol. The Bertz CT molecular complexity index is 379. The highest BCUT2D eigenvalue weighted by atomic mass is 32.2. The molecule has 0 aliphatic carbocycles. The lowest BCUT2D eigenvalue weighted by molar-refractivity contribution is 0.111. The summed E-state index contributed by atoms with van der Waals surface area (Å²) in [5.41, 5.74) is 1.67. The molecule has 15 heavy (non-hydrogen) atoms. The molecule has 2 unspecified atom stereocenters. The van der Waals surface area contributed by atoms with Gasteiger partial charge in [0.2, 0.25) is 0 Å². The van der Waals surface area contributed by atoms with E-state index < -0.39 is 0 Å². The molecule has 2 aliphatic heterocycles. The van der Waals surface area contributed by atoms with Crippen LogP contribution in [0.2, 0.25) is 0 Å². The molecule has 78 valence electrons. The van der Waals surface area contributed by atoms with Gasteiger partial charge in [0.05, 0.1) is 11.9 Å². The van der Waals surface area contributed by atoms with Crippen LogP contribution >= 0.6 is 11.8 Å². The second-order valence-electron chi connectivity index (χ2n) is 4.06. The first-order valence-corrected chi connectivity index (χ1v) is 6.21. The second kappa shape index (κ2) is 3.52. The molecule has 0 aromatic carbocycles. The summed E-state index contributed by atoms with van der Waals surface area (Å²) >= 11 is 2.08. The molecule has 2 bridgehead atoms. The molecule has 3 heterocycles. The van der Waals surface area contributed by atoms with E-state index in [2.05, 4.69) is 21.6 Å². The Morgan fingerprint density at radius 2 is 2.47 bits per heavy atom. The molecule has 4 heteroatoms. The summed E-state index contributed by atoms with van der Waals surface area (Å²) in [7, 11) is 0. The number of hydrogen-bond acceptors (Lipinski definition) is 4. The predicted octanol–water partition coefficient (Wildman–Crippen LogP) is 1.59. The zero-order valence-corrected chi connectivity index (χ0v) is 9.11. The quantitative estimate of drug-likeness (QED) is 0.709. The van der Waals surface area contributed by atoms with Crippen molar-refractivity contribution >= 4 is 23.7 Å². The Balaban J connectivity index is 1.84. The van der Waals surface area contributed by atoms with Gasteiger partial charge in [-0.2, -0.15) is 11.8 Å². The number of thioether (sulfide) groups is 1. The maximum absolute atomic E-state index is 10.5. The van der Waals surface area contributed by atoms with E-state index in [1.165, 1.54) is 12.2 Å². The summed E-state index contributed by atoms with van der Waals surface area (Å²) in [6.07, 6.45) is 3.91. The average Bonchev–Trinajstić information content (AvgIpc) is 2.91. The van der Waals surface area contributed by atoms with E-state index in [0.29, 0.717) is 11.7 Å². The van der Waals surface area contributed by atoms with Crippen molar-refractivity contribution in [3.05, 3.63) is 24.0 Å². The van der Waals surface area contributed by atoms with Gasteiger partial charge in [0.25, 0.3) is 0 Å². The fourth-order valence-electron chi connectivity index (χ4n) is 2.35. The molecule has 1 aromatic rings. The van der Waals surface area contributed by atoms with Gasteiger partial charge in [0.1, 0.15) is 5.69 Å². The third kappa shape index (κ3) is 1.53. The number of pyridine rings is 1. The first-order chi connectivity index (χ1) is 7.36. The van der Waals surface area contributed by atoms with E-state index in [1.807, 2.05) is 12.3 Å². The number of aromatic nitrogens is 1. The molecule has 0 saturated carbocycles. The van der Waals surface area contributed by atoms with Crippen molar-refractivity contribution in [3.63, 3.8) is 0 Å². The summed E-state index contributed by atoms with van der Waals surface area (Å²) in [6, 6.07) is 4.48. The highest BCUT2D eigenvalue weighted by Crippen LogP contribution is 2.39. The third-order valence-electron chi connectivity index (χ3n) is 3.12. The van der Waals surface area contributed by atoms with Gasteiger partial charge in [-0.25, -0.2) is 0 Å². The van der Waals surface area contributed by atoms with Gasteiger partial charge in [-0.05, 0) is 18.6 Å². The Morgan fingerprint density at radius 3 is 3.00 bits per heavy atom. The van der Waals surface area contributed by atoms with Crippen LogP contribution < -0.4 is 4.90 Å². The Morgan fingerprint density at radius 1 is 1.53 bits per heavy atom. The molecule has 0 N–H and O–H groups in total. The highest BCUT2D eigenvalue weighted by molar-refractivity contribution is 8.00. The first kappa shape index (κ1) is 9.21. The molecule has 0 amide bonds. The van der Waals surface area contributed by atoms with Crippen molar-refractivity contribution in [1.29, 1.82) is 0 Å². The lowest BCUT2D eigenvalue weighted by Crippen LogP contribution is -2.33. The van der Waals surface area contributed by atoms with Gasteiger partial charge in [-0.15, -0.1) is 0 Å². The third-order valence-corrected chi connectivity index (χ3v) is 4.51. The van der Waals surface area contributed by atoms with Crippen molar-refractivity contribution in [2.75, 3.05) is 17.2 Å². The van der Waals surface area contributed by atoms with Crippen molar-refractivity contribution in [1.82, 2.24) is 4.98 Å². The van der Waals surface area contributed by atoms with Crippen molar-refractivity contribution in [3.8, 4) is 0 Å². The van der Waals surface area contributed by atoms with E-state index in [-0.39, 0.29) is 0 Å². The first-order valence-electron chi connectivity index (χ1n) is 5.16. The SMILES string of the molecule is O=Cc1ccc(N2CC3CC2CS3)cn1. The lowest BCUT2D eigenvalue weighted by atomic mass is 10.2. The van der Waals surface area contributed by atoms with Crippen LogP contribution in [-0.2, 0) is 0 Å². The summed E-state index contributed by atoms with van der Waals surface area (Å²) in [5, 5.41) is 0.806. The number of rotatable bonds is 2. The number of fused-ring (bicyclic) bond motifs is 2. The Kier molecular flexibility index (Phi) is 2.16. The number of aldehydes is 1. The van der Waals surface area contributed by atoms with E-state index in [1.54, 1.807) is 6.07 Å². The van der Waals surface area contributed by atoms with Crippen LogP contribution in [0.1, 0.15) is 16.9 Å². The fourth-order valence-corrected chi connectivity index (χ4v) is 3.79. The predicted molar refractivity (Wildman–Crippen MR) is 61.6 cm³/mol.